The standard InChI is InChI=1S/C15H16ClNOS/c16-12-5-13(19-8-12)14(18)15(9-17)6-10-3-1-2-4-11(10)7-15/h1-5,8,14,18H,6-7,9,17H2. The molecular weight excluding hydrogens is 278 g/mol. The number of fused-ring (bicyclic) bond motifs is 1. The van der Waals surface area contributed by atoms with Crippen LogP contribution in [0.15, 0.2) is 35.7 Å². The van der Waals surface area contributed by atoms with Gasteiger partial charge in [0.25, 0.3) is 0 Å². The monoisotopic (exact) mass is 293 g/mol. The number of thiophene rings is 1. The van der Waals surface area contributed by atoms with Crippen molar-refractivity contribution in [3.05, 3.63) is 56.7 Å². The minimum Gasteiger partial charge on any atom is -0.387 e. The summed E-state index contributed by atoms with van der Waals surface area (Å²) in [5.41, 5.74) is 8.31. The first kappa shape index (κ1) is 13.1. The molecule has 4 heteroatoms. The van der Waals surface area contributed by atoms with E-state index in [0.717, 1.165) is 17.7 Å². The fourth-order valence-corrected chi connectivity index (χ4v) is 4.15. The van der Waals surface area contributed by atoms with Crippen LogP contribution < -0.4 is 5.73 Å². The van der Waals surface area contributed by atoms with Gasteiger partial charge in [0.1, 0.15) is 0 Å². The van der Waals surface area contributed by atoms with Gasteiger partial charge >= 0.3 is 0 Å². The molecule has 0 fully saturated rings. The largest absolute Gasteiger partial charge is 0.387 e. The summed E-state index contributed by atoms with van der Waals surface area (Å²) in [5, 5.41) is 13.3. The van der Waals surface area contributed by atoms with E-state index in [0.29, 0.717) is 11.6 Å². The van der Waals surface area contributed by atoms with Gasteiger partial charge in [0.2, 0.25) is 0 Å². The van der Waals surface area contributed by atoms with Crippen LogP contribution in [-0.2, 0) is 12.8 Å². The number of aliphatic hydroxyl groups is 1. The van der Waals surface area contributed by atoms with Crippen molar-refractivity contribution in [1.29, 1.82) is 0 Å². The molecule has 0 bridgehead atoms. The lowest BCUT2D eigenvalue weighted by molar-refractivity contribution is 0.0387. The third-order valence-corrected chi connectivity index (χ3v) is 5.38. The van der Waals surface area contributed by atoms with Gasteiger partial charge in [-0.15, -0.1) is 11.3 Å². The minimum atomic E-state index is -0.553. The molecule has 0 aliphatic heterocycles. The van der Waals surface area contributed by atoms with Crippen LogP contribution in [0.5, 0.6) is 0 Å². The average Bonchev–Trinajstić information content (AvgIpc) is 3.01. The maximum absolute atomic E-state index is 10.7. The molecule has 1 heterocycles. The zero-order chi connectivity index (χ0) is 13.5. The van der Waals surface area contributed by atoms with Crippen LogP contribution in [0.3, 0.4) is 0 Å². The maximum atomic E-state index is 10.7. The van der Waals surface area contributed by atoms with Crippen LogP contribution >= 0.6 is 22.9 Å². The molecule has 19 heavy (non-hydrogen) atoms. The van der Waals surface area contributed by atoms with Gasteiger partial charge in [-0.1, -0.05) is 35.9 Å². The molecule has 2 aromatic rings. The molecule has 1 aromatic carbocycles. The van der Waals surface area contributed by atoms with Crippen molar-refractivity contribution >= 4 is 22.9 Å². The average molecular weight is 294 g/mol. The lowest BCUT2D eigenvalue weighted by Gasteiger charge is -2.32. The predicted molar refractivity (Wildman–Crippen MR) is 79.6 cm³/mol. The van der Waals surface area contributed by atoms with E-state index in [9.17, 15) is 5.11 Å². The number of aliphatic hydroxyl groups excluding tert-OH is 1. The van der Waals surface area contributed by atoms with E-state index in [1.165, 1.54) is 22.5 Å². The molecule has 100 valence electrons. The minimum absolute atomic E-state index is 0.294. The van der Waals surface area contributed by atoms with Crippen molar-refractivity contribution in [3.8, 4) is 0 Å². The summed E-state index contributed by atoms with van der Waals surface area (Å²) in [4.78, 5) is 0.906. The number of benzene rings is 1. The zero-order valence-electron chi connectivity index (χ0n) is 10.5. The van der Waals surface area contributed by atoms with Crippen LogP contribution in [0.25, 0.3) is 0 Å². The number of hydrogen-bond acceptors (Lipinski definition) is 3. The zero-order valence-corrected chi connectivity index (χ0v) is 12.0. The highest BCUT2D eigenvalue weighted by Gasteiger charge is 2.43. The van der Waals surface area contributed by atoms with Gasteiger partial charge < -0.3 is 10.8 Å². The SMILES string of the molecule is NCC1(C(O)c2cc(Cl)cs2)Cc2ccccc2C1. The summed E-state index contributed by atoms with van der Waals surface area (Å²) < 4.78 is 0. The first-order valence-corrected chi connectivity index (χ1v) is 7.59. The second-order valence-electron chi connectivity index (χ2n) is 5.26. The Hall–Kier alpha value is -0.870. The van der Waals surface area contributed by atoms with E-state index >= 15 is 0 Å². The van der Waals surface area contributed by atoms with Gasteiger partial charge in [-0.05, 0) is 30.0 Å². The summed E-state index contributed by atoms with van der Waals surface area (Å²) in [6, 6.07) is 10.2. The molecule has 0 spiro atoms. The highest BCUT2D eigenvalue weighted by molar-refractivity contribution is 7.10. The number of rotatable bonds is 3. The summed E-state index contributed by atoms with van der Waals surface area (Å²) in [6.07, 6.45) is 1.11. The fraction of sp³-hybridized carbons (Fsp3) is 0.333. The van der Waals surface area contributed by atoms with Crippen molar-refractivity contribution < 1.29 is 5.11 Å². The molecular formula is C15H16ClNOS. The molecule has 1 unspecified atom stereocenters. The molecule has 0 radical (unpaired) electrons. The van der Waals surface area contributed by atoms with Crippen molar-refractivity contribution in [2.75, 3.05) is 6.54 Å². The van der Waals surface area contributed by atoms with Gasteiger partial charge in [0, 0.05) is 22.2 Å². The van der Waals surface area contributed by atoms with Crippen molar-refractivity contribution in [1.82, 2.24) is 0 Å². The topological polar surface area (TPSA) is 46.2 Å². The van der Waals surface area contributed by atoms with Crippen LogP contribution in [0.1, 0.15) is 22.1 Å². The van der Waals surface area contributed by atoms with E-state index in [1.54, 1.807) is 0 Å². The van der Waals surface area contributed by atoms with Gasteiger partial charge in [-0.25, -0.2) is 0 Å². The summed E-state index contributed by atoms with van der Waals surface area (Å²) in [7, 11) is 0. The Morgan fingerprint density at radius 1 is 1.32 bits per heavy atom. The first-order chi connectivity index (χ1) is 9.14. The molecule has 1 aromatic heterocycles. The van der Waals surface area contributed by atoms with E-state index in [4.69, 9.17) is 17.3 Å². The van der Waals surface area contributed by atoms with Gasteiger partial charge in [-0.3, -0.25) is 0 Å². The first-order valence-electron chi connectivity index (χ1n) is 6.33. The van der Waals surface area contributed by atoms with Gasteiger partial charge in [0.05, 0.1) is 11.1 Å². The van der Waals surface area contributed by atoms with Crippen molar-refractivity contribution in [3.63, 3.8) is 0 Å². The Kier molecular flexibility index (Phi) is 3.39. The van der Waals surface area contributed by atoms with Crippen LogP contribution in [0, 0.1) is 5.41 Å². The van der Waals surface area contributed by atoms with Crippen LogP contribution in [0.2, 0.25) is 5.02 Å². The van der Waals surface area contributed by atoms with E-state index in [2.05, 4.69) is 12.1 Å². The summed E-state index contributed by atoms with van der Waals surface area (Å²) in [6.45, 7) is 0.471. The fourth-order valence-electron chi connectivity index (χ4n) is 2.95. The Labute approximate surface area is 121 Å². The lowest BCUT2D eigenvalue weighted by atomic mass is 9.78. The van der Waals surface area contributed by atoms with Crippen molar-refractivity contribution in [2.45, 2.75) is 18.9 Å². The number of hydrogen-bond donors (Lipinski definition) is 2. The second-order valence-corrected chi connectivity index (χ2v) is 6.64. The van der Waals surface area contributed by atoms with Gasteiger partial charge in [-0.2, -0.15) is 0 Å². The molecule has 1 atom stereocenters. The molecule has 0 amide bonds. The summed E-state index contributed by atoms with van der Waals surface area (Å²) in [5.74, 6) is 0. The Balaban J connectivity index is 1.94. The third-order valence-electron chi connectivity index (χ3n) is 4.05. The Morgan fingerprint density at radius 2 is 1.95 bits per heavy atom. The smallest absolute Gasteiger partial charge is 0.0956 e. The highest BCUT2D eigenvalue weighted by atomic mass is 35.5. The Morgan fingerprint density at radius 3 is 2.42 bits per heavy atom. The van der Waals surface area contributed by atoms with E-state index in [1.807, 2.05) is 23.6 Å². The lowest BCUT2D eigenvalue weighted by Crippen LogP contribution is -2.37. The normalized spacial score (nSPS) is 18.3. The summed E-state index contributed by atoms with van der Waals surface area (Å²) >= 11 is 7.46. The molecule has 2 nitrogen and oxygen atoms in total. The third kappa shape index (κ3) is 2.21. The van der Waals surface area contributed by atoms with E-state index in [-0.39, 0.29) is 5.41 Å². The molecule has 1 aliphatic rings. The molecule has 3 rings (SSSR count). The number of nitrogens with two attached hydrogens (primary N) is 1. The molecule has 1 aliphatic carbocycles. The molecule has 0 saturated heterocycles. The van der Waals surface area contributed by atoms with Gasteiger partial charge in [0.15, 0.2) is 0 Å². The van der Waals surface area contributed by atoms with Crippen molar-refractivity contribution in [2.24, 2.45) is 11.1 Å². The van der Waals surface area contributed by atoms with E-state index < -0.39 is 6.10 Å². The van der Waals surface area contributed by atoms with Crippen LogP contribution in [-0.4, -0.2) is 11.7 Å². The van der Waals surface area contributed by atoms with Crippen LogP contribution in [0.4, 0.5) is 0 Å². The Bertz CT molecular complexity index is 570. The highest BCUT2D eigenvalue weighted by Crippen LogP contribution is 2.46. The quantitative estimate of drug-likeness (QED) is 0.913. The molecule has 3 N–H and O–H groups in total. The second kappa shape index (κ2) is 4.91. The molecule has 0 saturated carbocycles. The number of halogens is 1. The predicted octanol–water partition coefficient (Wildman–Crippen LogP) is 3.18. The maximum Gasteiger partial charge on any atom is 0.0956 e.